The van der Waals surface area contributed by atoms with Crippen molar-refractivity contribution in [1.29, 1.82) is 0 Å². The average Bonchev–Trinajstić information content (AvgIpc) is 2.26. The lowest BCUT2D eigenvalue weighted by molar-refractivity contribution is 0.506. The van der Waals surface area contributed by atoms with Crippen LogP contribution in [0.1, 0.15) is 0 Å². The van der Waals surface area contributed by atoms with E-state index in [9.17, 15) is 13.6 Å². The minimum atomic E-state index is -1.01. The van der Waals surface area contributed by atoms with Gasteiger partial charge in [0, 0.05) is 28.9 Å². The van der Waals surface area contributed by atoms with E-state index in [1.165, 1.54) is 12.3 Å². The van der Waals surface area contributed by atoms with Gasteiger partial charge in [0.05, 0.1) is 0 Å². The number of rotatable bonds is 2. The van der Waals surface area contributed by atoms with Gasteiger partial charge in [0.15, 0.2) is 16.8 Å². The molecule has 0 amide bonds. The average molecular weight is 255 g/mol. The van der Waals surface area contributed by atoms with E-state index >= 15 is 0 Å². The van der Waals surface area contributed by atoms with E-state index in [2.05, 4.69) is 9.97 Å². The molecule has 17 heavy (non-hydrogen) atoms. The van der Waals surface area contributed by atoms with Crippen molar-refractivity contribution >= 4 is 17.4 Å². The highest BCUT2D eigenvalue weighted by atomic mass is 32.2. The number of H-pyrrole nitrogens is 1. The number of halogens is 2. The Morgan fingerprint density at radius 2 is 2.00 bits per heavy atom. The number of nitrogen functional groups attached to an aromatic ring is 1. The van der Waals surface area contributed by atoms with Gasteiger partial charge in [-0.3, -0.25) is 4.79 Å². The summed E-state index contributed by atoms with van der Waals surface area (Å²) in [5, 5.41) is 0.259. The van der Waals surface area contributed by atoms with Gasteiger partial charge in [-0.2, -0.15) is 0 Å². The van der Waals surface area contributed by atoms with Crippen molar-refractivity contribution in [2.45, 2.75) is 10.1 Å². The Morgan fingerprint density at radius 1 is 1.29 bits per heavy atom. The molecule has 1 heterocycles. The lowest BCUT2D eigenvalue weighted by Crippen LogP contribution is -2.05. The highest BCUT2D eigenvalue weighted by Gasteiger charge is 2.09. The fourth-order valence-corrected chi connectivity index (χ4v) is 1.95. The topological polar surface area (TPSA) is 71.8 Å². The number of aromatic amines is 1. The van der Waals surface area contributed by atoms with Gasteiger partial charge in [-0.15, -0.1) is 0 Å². The molecule has 0 saturated carbocycles. The first-order chi connectivity index (χ1) is 8.06. The van der Waals surface area contributed by atoms with Crippen LogP contribution in [0.2, 0.25) is 0 Å². The monoisotopic (exact) mass is 255 g/mol. The Labute approximate surface area is 98.9 Å². The smallest absolute Gasteiger partial charge is 0.251 e. The summed E-state index contributed by atoms with van der Waals surface area (Å²) in [5.41, 5.74) is 5.28. The second-order valence-electron chi connectivity index (χ2n) is 3.15. The lowest BCUT2D eigenvalue weighted by atomic mass is 10.3. The first kappa shape index (κ1) is 11.6. The molecular formula is C10H7F2N3OS. The summed E-state index contributed by atoms with van der Waals surface area (Å²) in [6.07, 6.45) is 1.32. The zero-order valence-corrected chi connectivity index (χ0v) is 9.22. The molecule has 0 aliphatic rings. The minimum Gasteiger partial charge on any atom is -0.398 e. The van der Waals surface area contributed by atoms with Crippen LogP contribution in [0.15, 0.2) is 39.2 Å². The molecule has 0 bridgehead atoms. The molecule has 88 valence electrons. The van der Waals surface area contributed by atoms with Crippen LogP contribution < -0.4 is 11.3 Å². The standard InChI is InChI=1S/C10H7F2N3OS/c11-5-3-7(13)8(4-6(5)12)17-10-14-2-1-9(16)15-10/h1-4H,13H2,(H,14,15,16). The molecule has 7 heteroatoms. The molecule has 0 atom stereocenters. The minimum absolute atomic E-state index is 0.0837. The van der Waals surface area contributed by atoms with E-state index in [0.717, 1.165) is 23.9 Å². The third kappa shape index (κ3) is 2.62. The molecule has 0 spiro atoms. The van der Waals surface area contributed by atoms with Crippen LogP contribution in [0.4, 0.5) is 14.5 Å². The Balaban J connectivity index is 2.36. The van der Waals surface area contributed by atoms with E-state index in [0.29, 0.717) is 4.90 Å². The van der Waals surface area contributed by atoms with Crippen LogP contribution in [0.5, 0.6) is 0 Å². The van der Waals surface area contributed by atoms with Crippen molar-refractivity contribution < 1.29 is 8.78 Å². The molecule has 4 nitrogen and oxygen atoms in total. The van der Waals surface area contributed by atoms with E-state index in [1.54, 1.807) is 0 Å². The van der Waals surface area contributed by atoms with E-state index in [4.69, 9.17) is 5.73 Å². The second kappa shape index (κ2) is 4.54. The zero-order valence-electron chi connectivity index (χ0n) is 8.41. The maximum Gasteiger partial charge on any atom is 0.251 e. The number of nitrogens with one attached hydrogen (secondary N) is 1. The maximum absolute atomic E-state index is 13.0. The highest BCUT2D eigenvalue weighted by molar-refractivity contribution is 7.99. The van der Waals surface area contributed by atoms with Crippen molar-refractivity contribution in [3.05, 3.63) is 46.4 Å². The van der Waals surface area contributed by atoms with Gasteiger partial charge in [-0.25, -0.2) is 13.8 Å². The van der Waals surface area contributed by atoms with Gasteiger partial charge < -0.3 is 10.7 Å². The SMILES string of the molecule is Nc1cc(F)c(F)cc1Sc1nccc(=O)[nH]1. The summed E-state index contributed by atoms with van der Waals surface area (Å²) in [5.74, 6) is -2.01. The van der Waals surface area contributed by atoms with Crippen LogP contribution in [-0.4, -0.2) is 9.97 Å². The van der Waals surface area contributed by atoms with Crippen LogP contribution in [0, 0.1) is 11.6 Å². The maximum atomic E-state index is 13.0. The van der Waals surface area contributed by atoms with Crippen molar-refractivity contribution in [1.82, 2.24) is 9.97 Å². The van der Waals surface area contributed by atoms with Crippen molar-refractivity contribution in [3.8, 4) is 0 Å². The zero-order chi connectivity index (χ0) is 12.4. The van der Waals surface area contributed by atoms with E-state index < -0.39 is 11.6 Å². The summed E-state index contributed by atoms with van der Waals surface area (Å²) in [4.78, 5) is 17.6. The number of hydrogen-bond donors (Lipinski definition) is 2. The molecule has 0 aliphatic carbocycles. The Morgan fingerprint density at radius 3 is 2.71 bits per heavy atom. The predicted molar refractivity (Wildman–Crippen MR) is 59.8 cm³/mol. The van der Waals surface area contributed by atoms with E-state index in [-0.39, 0.29) is 16.4 Å². The van der Waals surface area contributed by atoms with Gasteiger partial charge in [0.2, 0.25) is 0 Å². The lowest BCUT2D eigenvalue weighted by Gasteiger charge is -2.04. The van der Waals surface area contributed by atoms with Crippen molar-refractivity contribution in [2.24, 2.45) is 0 Å². The molecular weight excluding hydrogens is 248 g/mol. The normalized spacial score (nSPS) is 10.5. The molecule has 3 N–H and O–H groups in total. The van der Waals surface area contributed by atoms with Gasteiger partial charge in [0.1, 0.15) is 0 Å². The fraction of sp³-hybridized carbons (Fsp3) is 0. The summed E-state index contributed by atoms with van der Waals surface area (Å²) in [6.45, 7) is 0. The Bertz CT molecular complexity index is 615. The molecule has 0 radical (unpaired) electrons. The number of anilines is 1. The molecule has 0 aliphatic heterocycles. The summed E-state index contributed by atoms with van der Waals surface area (Å²) >= 11 is 0.953. The van der Waals surface area contributed by atoms with Crippen LogP contribution >= 0.6 is 11.8 Å². The van der Waals surface area contributed by atoms with E-state index in [1.807, 2.05) is 0 Å². The Kier molecular flexibility index (Phi) is 3.10. The van der Waals surface area contributed by atoms with Gasteiger partial charge in [-0.1, -0.05) is 0 Å². The number of hydrogen-bond acceptors (Lipinski definition) is 4. The summed E-state index contributed by atoms with van der Waals surface area (Å²) < 4.78 is 25.8. The number of aromatic nitrogens is 2. The first-order valence-corrected chi connectivity index (χ1v) is 5.35. The van der Waals surface area contributed by atoms with Gasteiger partial charge >= 0.3 is 0 Å². The van der Waals surface area contributed by atoms with Crippen LogP contribution in [-0.2, 0) is 0 Å². The molecule has 1 aromatic carbocycles. The van der Waals surface area contributed by atoms with Gasteiger partial charge in [0.25, 0.3) is 5.56 Å². The summed E-state index contributed by atoms with van der Waals surface area (Å²) in [7, 11) is 0. The fourth-order valence-electron chi connectivity index (χ4n) is 1.14. The third-order valence-electron chi connectivity index (χ3n) is 1.91. The third-order valence-corrected chi connectivity index (χ3v) is 2.88. The van der Waals surface area contributed by atoms with Crippen LogP contribution in [0.3, 0.4) is 0 Å². The number of nitrogens with zero attached hydrogens (tertiary/aromatic N) is 1. The second-order valence-corrected chi connectivity index (χ2v) is 4.18. The quantitative estimate of drug-likeness (QED) is 0.634. The number of benzene rings is 1. The van der Waals surface area contributed by atoms with Gasteiger partial charge in [-0.05, 0) is 17.8 Å². The summed E-state index contributed by atoms with van der Waals surface area (Å²) in [6, 6.07) is 3.10. The van der Waals surface area contributed by atoms with Crippen molar-refractivity contribution in [2.75, 3.05) is 5.73 Å². The van der Waals surface area contributed by atoms with Crippen LogP contribution in [0.25, 0.3) is 0 Å². The largest absolute Gasteiger partial charge is 0.398 e. The molecule has 0 fully saturated rings. The molecule has 1 aromatic heterocycles. The van der Waals surface area contributed by atoms with Crippen molar-refractivity contribution in [3.63, 3.8) is 0 Å². The molecule has 0 unspecified atom stereocenters. The molecule has 2 aromatic rings. The molecule has 0 saturated heterocycles. The molecule has 2 rings (SSSR count). The highest BCUT2D eigenvalue weighted by Crippen LogP contribution is 2.30. The first-order valence-electron chi connectivity index (χ1n) is 4.54. The Hall–Kier alpha value is -1.89. The number of nitrogens with two attached hydrogens (primary N) is 1. The predicted octanol–water partition coefficient (Wildman–Crippen LogP) is 1.78.